The minimum absolute atomic E-state index is 0.608. The maximum Gasteiger partial charge on any atom is 0.0656 e. The molecule has 0 aliphatic heterocycles. The van der Waals surface area contributed by atoms with Gasteiger partial charge in [0.2, 0.25) is 0 Å². The quantitative estimate of drug-likeness (QED) is 0.807. The van der Waals surface area contributed by atoms with Crippen molar-refractivity contribution < 1.29 is 4.74 Å². The van der Waals surface area contributed by atoms with Crippen molar-refractivity contribution in [1.29, 1.82) is 0 Å². The summed E-state index contributed by atoms with van der Waals surface area (Å²) in [6.45, 7) is 6.63. The van der Waals surface area contributed by atoms with Gasteiger partial charge in [0.25, 0.3) is 0 Å². The summed E-state index contributed by atoms with van der Waals surface area (Å²) in [6.07, 6.45) is 0. The highest BCUT2D eigenvalue weighted by atomic mass is 35.5. The highest BCUT2D eigenvalue weighted by molar-refractivity contribution is 6.33. The van der Waals surface area contributed by atoms with Crippen LogP contribution in [-0.2, 0) is 4.74 Å². The minimum atomic E-state index is 0.608. The van der Waals surface area contributed by atoms with E-state index in [1.165, 1.54) is 0 Å². The smallest absolute Gasteiger partial charge is 0.0656 e. The Bertz CT molecular complexity index is 355. The van der Waals surface area contributed by atoms with E-state index in [1.807, 2.05) is 19.1 Å². The number of methoxy groups -OCH3 is 1. The minimum Gasteiger partial charge on any atom is -0.398 e. The molecule has 3 nitrogen and oxygen atoms in total. The molecule has 0 aliphatic carbocycles. The summed E-state index contributed by atoms with van der Waals surface area (Å²) in [7, 11) is 1.71. The second-order valence-corrected chi connectivity index (χ2v) is 4.14. The first-order valence-electron chi connectivity index (χ1n) is 5.39. The molecule has 0 unspecified atom stereocenters. The van der Waals surface area contributed by atoms with Crippen LogP contribution in [0.3, 0.4) is 0 Å². The second-order valence-electron chi connectivity index (χ2n) is 3.73. The van der Waals surface area contributed by atoms with Gasteiger partial charge in [-0.3, -0.25) is 0 Å². The van der Waals surface area contributed by atoms with E-state index < -0.39 is 0 Å². The molecule has 0 heterocycles. The molecule has 1 aromatic carbocycles. The van der Waals surface area contributed by atoms with Crippen molar-refractivity contribution >= 4 is 23.0 Å². The molecule has 4 heteroatoms. The summed E-state index contributed by atoms with van der Waals surface area (Å²) in [4.78, 5) is 2.23. The van der Waals surface area contributed by atoms with Crippen LogP contribution in [0.15, 0.2) is 12.1 Å². The van der Waals surface area contributed by atoms with E-state index in [-0.39, 0.29) is 0 Å². The summed E-state index contributed by atoms with van der Waals surface area (Å²) in [5.41, 5.74) is 8.65. The van der Waals surface area contributed by atoms with Crippen LogP contribution in [-0.4, -0.2) is 26.8 Å². The van der Waals surface area contributed by atoms with Crippen LogP contribution in [0, 0.1) is 6.92 Å². The Balaban J connectivity index is 2.95. The predicted octanol–water partition coefficient (Wildman–Crippen LogP) is 2.70. The fourth-order valence-electron chi connectivity index (χ4n) is 1.68. The van der Waals surface area contributed by atoms with Gasteiger partial charge in [0.05, 0.1) is 17.3 Å². The third-order valence-electron chi connectivity index (χ3n) is 2.60. The summed E-state index contributed by atoms with van der Waals surface area (Å²) < 4.78 is 5.09. The van der Waals surface area contributed by atoms with E-state index in [4.69, 9.17) is 22.1 Å². The summed E-state index contributed by atoms with van der Waals surface area (Å²) in [5, 5.41) is 0.608. The number of aryl methyl sites for hydroxylation is 1. The van der Waals surface area contributed by atoms with Crippen LogP contribution >= 0.6 is 11.6 Å². The number of halogens is 1. The second kappa shape index (κ2) is 5.97. The molecule has 90 valence electrons. The lowest BCUT2D eigenvalue weighted by Crippen LogP contribution is -2.27. The molecule has 0 radical (unpaired) electrons. The van der Waals surface area contributed by atoms with Crippen molar-refractivity contribution in [3.63, 3.8) is 0 Å². The van der Waals surface area contributed by atoms with Gasteiger partial charge in [-0.05, 0) is 31.5 Å². The lowest BCUT2D eigenvalue weighted by Gasteiger charge is -2.25. The zero-order valence-corrected chi connectivity index (χ0v) is 10.8. The molecule has 0 aliphatic rings. The third kappa shape index (κ3) is 3.03. The van der Waals surface area contributed by atoms with Gasteiger partial charge in [-0.15, -0.1) is 0 Å². The van der Waals surface area contributed by atoms with Crippen molar-refractivity contribution in [2.24, 2.45) is 0 Å². The zero-order chi connectivity index (χ0) is 12.1. The van der Waals surface area contributed by atoms with E-state index >= 15 is 0 Å². The molecule has 0 saturated carbocycles. The van der Waals surface area contributed by atoms with E-state index in [0.29, 0.717) is 17.3 Å². The Morgan fingerprint density at radius 2 is 2.12 bits per heavy atom. The number of nitrogens with zero attached hydrogens (tertiary/aromatic N) is 1. The van der Waals surface area contributed by atoms with Gasteiger partial charge in [0.1, 0.15) is 0 Å². The highest BCUT2D eigenvalue weighted by Crippen LogP contribution is 2.29. The lowest BCUT2D eigenvalue weighted by molar-refractivity contribution is 0.205. The van der Waals surface area contributed by atoms with Crippen LogP contribution < -0.4 is 10.6 Å². The zero-order valence-electron chi connectivity index (χ0n) is 10.1. The number of anilines is 2. The Kier molecular flexibility index (Phi) is 4.90. The Hall–Kier alpha value is -0.930. The monoisotopic (exact) mass is 242 g/mol. The molecule has 2 N–H and O–H groups in total. The fraction of sp³-hybridized carbons (Fsp3) is 0.500. The average molecular weight is 243 g/mol. The maximum absolute atomic E-state index is 6.04. The van der Waals surface area contributed by atoms with Crippen molar-refractivity contribution in [1.82, 2.24) is 0 Å². The SMILES string of the molecule is CCN(CCOC)c1cc(Cl)c(N)cc1C. The summed E-state index contributed by atoms with van der Waals surface area (Å²) in [5.74, 6) is 0. The number of rotatable bonds is 5. The van der Waals surface area contributed by atoms with E-state index in [0.717, 1.165) is 24.3 Å². The van der Waals surface area contributed by atoms with Gasteiger partial charge < -0.3 is 15.4 Å². The Morgan fingerprint density at radius 3 is 2.69 bits per heavy atom. The molecule has 1 aromatic rings. The molecule has 0 amide bonds. The van der Waals surface area contributed by atoms with Gasteiger partial charge in [-0.25, -0.2) is 0 Å². The van der Waals surface area contributed by atoms with Gasteiger partial charge in [-0.2, -0.15) is 0 Å². The largest absolute Gasteiger partial charge is 0.398 e. The highest BCUT2D eigenvalue weighted by Gasteiger charge is 2.09. The van der Waals surface area contributed by atoms with Gasteiger partial charge >= 0.3 is 0 Å². The first-order valence-corrected chi connectivity index (χ1v) is 5.77. The van der Waals surface area contributed by atoms with Gasteiger partial charge in [0.15, 0.2) is 0 Å². The third-order valence-corrected chi connectivity index (χ3v) is 2.93. The van der Waals surface area contributed by atoms with Crippen LogP contribution in [0.1, 0.15) is 12.5 Å². The van der Waals surface area contributed by atoms with Crippen LogP contribution in [0.5, 0.6) is 0 Å². The summed E-state index contributed by atoms with van der Waals surface area (Å²) >= 11 is 6.04. The van der Waals surface area contributed by atoms with Gasteiger partial charge in [0, 0.05) is 25.9 Å². The molecule has 0 saturated heterocycles. The maximum atomic E-state index is 6.04. The van der Waals surface area contributed by atoms with E-state index in [2.05, 4.69) is 11.8 Å². The Labute approximate surface area is 102 Å². The first-order chi connectivity index (χ1) is 7.60. The van der Waals surface area contributed by atoms with Gasteiger partial charge in [-0.1, -0.05) is 11.6 Å². The van der Waals surface area contributed by atoms with Crippen molar-refractivity contribution in [2.75, 3.05) is 37.4 Å². The summed E-state index contributed by atoms with van der Waals surface area (Å²) in [6, 6.07) is 3.83. The number of hydrogen-bond acceptors (Lipinski definition) is 3. The number of nitrogens with two attached hydrogens (primary N) is 1. The molecule has 1 rings (SSSR count). The van der Waals surface area contributed by atoms with Crippen LogP contribution in [0.2, 0.25) is 5.02 Å². The average Bonchev–Trinajstić information content (AvgIpc) is 2.26. The molecule has 0 fully saturated rings. The Morgan fingerprint density at radius 1 is 1.44 bits per heavy atom. The molecule has 0 aromatic heterocycles. The molecule has 16 heavy (non-hydrogen) atoms. The topological polar surface area (TPSA) is 38.5 Å². The first kappa shape index (κ1) is 13.1. The number of ether oxygens (including phenoxy) is 1. The van der Waals surface area contributed by atoms with E-state index in [1.54, 1.807) is 7.11 Å². The number of hydrogen-bond donors (Lipinski definition) is 1. The normalized spacial score (nSPS) is 10.5. The van der Waals surface area contributed by atoms with E-state index in [9.17, 15) is 0 Å². The molecule has 0 bridgehead atoms. The number of nitrogen functional groups attached to an aromatic ring is 1. The number of benzene rings is 1. The lowest BCUT2D eigenvalue weighted by atomic mass is 10.1. The number of likely N-dealkylation sites (N-methyl/N-ethyl adjacent to an activating group) is 1. The van der Waals surface area contributed by atoms with Crippen molar-refractivity contribution in [3.05, 3.63) is 22.7 Å². The standard InChI is InChI=1S/C12H19ClN2O/c1-4-15(5-6-16-3)12-8-10(13)11(14)7-9(12)2/h7-8H,4-6,14H2,1-3H3. The molecular formula is C12H19ClN2O. The van der Waals surface area contributed by atoms with Crippen LogP contribution in [0.25, 0.3) is 0 Å². The van der Waals surface area contributed by atoms with Crippen LogP contribution in [0.4, 0.5) is 11.4 Å². The fourth-order valence-corrected chi connectivity index (χ4v) is 1.84. The molecule has 0 atom stereocenters. The predicted molar refractivity (Wildman–Crippen MR) is 70.4 cm³/mol. The van der Waals surface area contributed by atoms with Crippen molar-refractivity contribution in [2.45, 2.75) is 13.8 Å². The molecular weight excluding hydrogens is 224 g/mol. The van der Waals surface area contributed by atoms with Crippen molar-refractivity contribution in [3.8, 4) is 0 Å². The molecule has 0 spiro atoms.